The maximum Gasteiger partial charge on any atom is 0.310 e. The molecule has 1 rings (SSSR count). The average molecular weight is 262 g/mol. The van der Waals surface area contributed by atoms with E-state index >= 15 is 0 Å². The highest BCUT2D eigenvalue weighted by molar-refractivity contribution is 5.79. The molecule has 0 saturated heterocycles. The van der Waals surface area contributed by atoms with Gasteiger partial charge in [-0.15, -0.1) is 0 Å². The van der Waals surface area contributed by atoms with Crippen LogP contribution in [0.1, 0.15) is 40.2 Å². The van der Waals surface area contributed by atoms with E-state index < -0.39 is 5.60 Å². The normalized spacial score (nSPS) is 10.8. The number of carbonyl (C=O) groups excluding carboxylic acids is 1. The van der Waals surface area contributed by atoms with Crippen LogP contribution in [0.15, 0.2) is 29.4 Å². The van der Waals surface area contributed by atoms with E-state index in [4.69, 9.17) is 4.74 Å². The third-order valence-corrected chi connectivity index (χ3v) is 2.13. The van der Waals surface area contributed by atoms with Crippen LogP contribution in [-0.4, -0.2) is 17.3 Å². The molecule has 4 nitrogen and oxygen atoms in total. The Bertz CT molecular complexity index is 452. The van der Waals surface area contributed by atoms with Gasteiger partial charge < -0.3 is 4.74 Å². The largest absolute Gasteiger partial charge is 0.460 e. The van der Waals surface area contributed by atoms with E-state index in [0.29, 0.717) is 0 Å². The summed E-state index contributed by atoms with van der Waals surface area (Å²) in [6.45, 7) is 9.43. The summed E-state index contributed by atoms with van der Waals surface area (Å²) in [5.74, 6) is -0.212. The Kier molecular flexibility index (Phi) is 5.10. The zero-order chi connectivity index (χ0) is 14.5. The molecule has 0 aliphatic carbocycles. The minimum atomic E-state index is -0.439. The zero-order valence-corrected chi connectivity index (χ0v) is 12.3. The van der Waals surface area contributed by atoms with E-state index in [1.165, 1.54) is 0 Å². The van der Waals surface area contributed by atoms with Crippen LogP contribution in [0.2, 0.25) is 0 Å². The Balaban J connectivity index is 2.57. The fourth-order valence-electron chi connectivity index (χ4n) is 1.42. The Morgan fingerprint density at radius 1 is 1.21 bits per heavy atom. The van der Waals surface area contributed by atoms with Crippen LogP contribution >= 0.6 is 0 Å². The number of carbonyl (C=O) groups is 1. The van der Waals surface area contributed by atoms with Crippen molar-refractivity contribution in [1.82, 2.24) is 0 Å². The molecule has 1 N–H and O–H groups in total. The second-order valence-corrected chi connectivity index (χ2v) is 5.63. The highest BCUT2D eigenvalue weighted by Crippen LogP contribution is 2.13. The predicted molar refractivity (Wildman–Crippen MR) is 78.4 cm³/mol. The van der Waals surface area contributed by atoms with Crippen molar-refractivity contribution in [2.75, 3.05) is 5.43 Å². The fourth-order valence-corrected chi connectivity index (χ4v) is 1.42. The highest BCUT2D eigenvalue weighted by atomic mass is 16.6. The lowest BCUT2D eigenvalue weighted by molar-refractivity contribution is -0.153. The van der Waals surface area contributed by atoms with Crippen molar-refractivity contribution in [2.24, 2.45) is 5.10 Å². The Labute approximate surface area is 114 Å². The molecule has 19 heavy (non-hydrogen) atoms. The van der Waals surface area contributed by atoms with Crippen molar-refractivity contribution < 1.29 is 9.53 Å². The van der Waals surface area contributed by atoms with Gasteiger partial charge in [0, 0.05) is 5.71 Å². The first kappa shape index (κ1) is 15.2. The number of esters is 1. The number of benzene rings is 1. The number of hydrazone groups is 1. The summed E-state index contributed by atoms with van der Waals surface area (Å²) in [6, 6.07) is 7.58. The lowest BCUT2D eigenvalue weighted by Gasteiger charge is -2.19. The third-order valence-electron chi connectivity index (χ3n) is 2.13. The van der Waals surface area contributed by atoms with Crippen molar-refractivity contribution in [3.63, 3.8) is 0 Å². The van der Waals surface area contributed by atoms with Gasteiger partial charge in [-0.05, 0) is 52.3 Å². The van der Waals surface area contributed by atoms with Gasteiger partial charge in [0.25, 0.3) is 0 Å². The second-order valence-electron chi connectivity index (χ2n) is 5.63. The van der Waals surface area contributed by atoms with Crippen LogP contribution in [0.3, 0.4) is 0 Å². The number of rotatable bonds is 4. The van der Waals surface area contributed by atoms with E-state index in [2.05, 4.69) is 10.5 Å². The van der Waals surface area contributed by atoms with Gasteiger partial charge in [-0.1, -0.05) is 12.1 Å². The van der Waals surface area contributed by atoms with Gasteiger partial charge in [-0.2, -0.15) is 5.10 Å². The molecule has 0 fully saturated rings. The van der Waals surface area contributed by atoms with E-state index in [9.17, 15) is 4.79 Å². The number of hydrogen-bond donors (Lipinski definition) is 1. The molecular formula is C15H22N2O2. The molecule has 0 aromatic heterocycles. The Morgan fingerprint density at radius 3 is 2.26 bits per heavy atom. The molecule has 0 amide bonds. The molecule has 0 spiro atoms. The molecule has 0 aliphatic rings. The summed E-state index contributed by atoms with van der Waals surface area (Å²) in [5.41, 5.74) is 5.28. The molecule has 104 valence electrons. The predicted octanol–water partition coefficient (Wildman–Crippen LogP) is 3.38. The molecule has 0 saturated carbocycles. The summed E-state index contributed by atoms with van der Waals surface area (Å²) < 4.78 is 5.27. The van der Waals surface area contributed by atoms with Gasteiger partial charge >= 0.3 is 5.97 Å². The standard InChI is InChI=1S/C15H22N2O2/c1-11(2)16-17-13-8-6-12(7-9-13)10-14(18)19-15(3,4)5/h6-9,17H,10H2,1-5H3. The smallest absolute Gasteiger partial charge is 0.310 e. The fraction of sp³-hybridized carbons (Fsp3) is 0.467. The molecule has 0 aliphatic heterocycles. The maximum absolute atomic E-state index is 11.7. The van der Waals surface area contributed by atoms with E-state index in [1.807, 2.05) is 58.9 Å². The van der Waals surface area contributed by atoms with Gasteiger partial charge in [0.15, 0.2) is 0 Å². The van der Waals surface area contributed by atoms with E-state index in [0.717, 1.165) is 17.0 Å². The molecule has 0 radical (unpaired) electrons. The number of nitrogens with one attached hydrogen (secondary N) is 1. The van der Waals surface area contributed by atoms with Crippen molar-refractivity contribution in [3.8, 4) is 0 Å². The summed E-state index contributed by atoms with van der Waals surface area (Å²) in [5, 5.41) is 4.11. The third kappa shape index (κ3) is 6.60. The highest BCUT2D eigenvalue weighted by Gasteiger charge is 2.16. The molecular weight excluding hydrogens is 240 g/mol. The van der Waals surface area contributed by atoms with Gasteiger partial charge in [0.05, 0.1) is 12.1 Å². The SMILES string of the molecule is CC(C)=NNc1ccc(CC(=O)OC(C)(C)C)cc1. The van der Waals surface area contributed by atoms with Crippen LogP contribution in [-0.2, 0) is 16.0 Å². The molecule has 1 aromatic carbocycles. The number of nitrogens with zero attached hydrogens (tertiary/aromatic N) is 1. The van der Waals surface area contributed by atoms with E-state index in [-0.39, 0.29) is 12.4 Å². The molecule has 1 aromatic rings. The first-order valence-electron chi connectivity index (χ1n) is 6.34. The van der Waals surface area contributed by atoms with Crippen molar-refractivity contribution in [2.45, 2.75) is 46.6 Å². The zero-order valence-electron chi connectivity index (χ0n) is 12.3. The van der Waals surface area contributed by atoms with Crippen LogP contribution in [0.25, 0.3) is 0 Å². The van der Waals surface area contributed by atoms with Crippen LogP contribution < -0.4 is 5.43 Å². The first-order valence-corrected chi connectivity index (χ1v) is 6.34. The van der Waals surface area contributed by atoms with Gasteiger partial charge in [0.2, 0.25) is 0 Å². The quantitative estimate of drug-likeness (QED) is 0.514. The van der Waals surface area contributed by atoms with Crippen LogP contribution in [0.4, 0.5) is 5.69 Å². The monoisotopic (exact) mass is 262 g/mol. The number of anilines is 1. The van der Waals surface area contributed by atoms with Crippen molar-refractivity contribution >= 4 is 17.4 Å². The summed E-state index contributed by atoms with van der Waals surface area (Å²) >= 11 is 0. The summed E-state index contributed by atoms with van der Waals surface area (Å²) in [4.78, 5) is 11.7. The second kappa shape index (κ2) is 6.36. The van der Waals surface area contributed by atoms with E-state index in [1.54, 1.807) is 0 Å². The molecule has 0 unspecified atom stereocenters. The lowest BCUT2D eigenvalue weighted by atomic mass is 10.1. The van der Waals surface area contributed by atoms with Crippen LogP contribution in [0.5, 0.6) is 0 Å². The van der Waals surface area contributed by atoms with Gasteiger partial charge in [0.1, 0.15) is 5.60 Å². The molecule has 0 bridgehead atoms. The molecule has 0 atom stereocenters. The maximum atomic E-state index is 11.7. The van der Waals surface area contributed by atoms with Gasteiger partial charge in [-0.25, -0.2) is 0 Å². The molecule has 4 heteroatoms. The Hall–Kier alpha value is -1.84. The number of ether oxygens (including phenoxy) is 1. The van der Waals surface area contributed by atoms with Crippen molar-refractivity contribution in [1.29, 1.82) is 0 Å². The topological polar surface area (TPSA) is 50.7 Å². The van der Waals surface area contributed by atoms with Gasteiger partial charge in [-0.3, -0.25) is 10.2 Å². The van der Waals surface area contributed by atoms with Crippen LogP contribution in [0, 0.1) is 0 Å². The first-order chi connectivity index (χ1) is 8.76. The minimum Gasteiger partial charge on any atom is -0.460 e. The summed E-state index contributed by atoms with van der Waals surface area (Å²) in [7, 11) is 0. The minimum absolute atomic E-state index is 0.212. The number of hydrogen-bond acceptors (Lipinski definition) is 4. The van der Waals surface area contributed by atoms with Crippen molar-refractivity contribution in [3.05, 3.63) is 29.8 Å². The lowest BCUT2D eigenvalue weighted by Crippen LogP contribution is -2.24. The molecule has 0 heterocycles. The average Bonchev–Trinajstić information content (AvgIpc) is 2.25. The summed E-state index contributed by atoms with van der Waals surface area (Å²) in [6.07, 6.45) is 0.285. The Morgan fingerprint density at radius 2 is 1.79 bits per heavy atom.